The van der Waals surface area contributed by atoms with Gasteiger partial charge in [-0.3, -0.25) is 0 Å². The standard InChI is InChI=1S/C13H19ClO/c1-10(2)6-7-15-13-5-4-11(3)8-12(13)9-14/h4-5,8,10H,6-7,9H2,1-3H3. The van der Waals surface area contributed by atoms with Gasteiger partial charge in [0.2, 0.25) is 0 Å². The van der Waals surface area contributed by atoms with Crippen molar-refractivity contribution in [1.29, 1.82) is 0 Å². The molecule has 1 aromatic rings. The minimum atomic E-state index is 0.513. The Labute approximate surface area is 97.4 Å². The van der Waals surface area contributed by atoms with Crippen LogP contribution in [0, 0.1) is 12.8 Å². The molecule has 0 fully saturated rings. The molecule has 0 bridgehead atoms. The smallest absolute Gasteiger partial charge is 0.123 e. The third-order valence-corrected chi connectivity index (χ3v) is 2.60. The molecule has 1 aromatic carbocycles. The van der Waals surface area contributed by atoms with Gasteiger partial charge in [0.05, 0.1) is 12.5 Å². The van der Waals surface area contributed by atoms with E-state index in [-0.39, 0.29) is 0 Å². The summed E-state index contributed by atoms with van der Waals surface area (Å²) in [6.07, 6.45) is 1.08. The van der Waals surface area contributed by atoms with Gasteiger partial charge in [-0.1, -0.05) is 31.5 Å². The topological polar surface area (TPSA) is 9.23 Å². The Morgan fingerprint density at radius 1 is 1.33 bits per heavy atom. The van der Waals surface area contributed by atoms with E-state index in [0.29, 0.717) is 11.8 Å². The normalized spacial score (nSPS) is 10.7. The predicted octanol–water partition coefficient (Wildman–Crippen LogP) is 4.16. The molecular formula is C13H19ClO. The molecule has 0 spiro atoms. The Kier molecular flexibility index (Phi) is 4.97. The second kappa shape index (κ2) is 6.02. The van der Waals surface area contributed by atoms with Crippen LogP contribution in [0.5, 0.6) is 5.75 Å². The van der Waals surface area contributed by atoms with Gasteiger partial charge in [-0.2, -0.15) is 0 Å². The van der Waals surface area contributed by atoms with Crippen LogP contribution in [-0.4, -0.2) is 6.61 Å². The predicted molar refractivity (Wildman–Crippen MR) is 65.7 cm³/mol. The summed E-state index contributed by atoms with van der Waals surface area (Å²) in [4.78, 5) is 0. The van der Waals surface area contributed by atoms with Crippen LogP contribution in [0.4, 0.5) is 0 Å². The summed E-state index contributed by atoms with van der Waals surface area (Å²) in [6, 6.07) is 6.14. The first kappa shape index (κ1) is 12.4. The molecular weight excluding hydrogens is 208 g/mol. The highest BCUT2D eigenvalue weighted by Gasteiger charge is 2.03. The Hall–Kier alpha value is -0.690. The van der Waals surface area contributed by atoms with E-state index in [1.54, 1.807) is 0 Å². The zero-order chi connectivity index (χ0) is 11.3. The summed E-state index contributed by atoms with van der Waals surface area (Å²) in [5, 5.41) is 0. The Morgan fingerprint density at radius 3 is 2.67 bits per heavy atom. The van der Waals surface area contributed by atoms with E-state index in [2.05, 4.69) is 32.9 Å². The third kappa shape index (κ3) is 4.13. The summed E-state index contributed by atoms with van der Waals surface area (Å²) < 4.78 is 5.71. The van der Waals surface area contributed by atoms with Crippen molar-refractivity contribution in [2.75, 3.05) is 6.61 Å². The van der Waals surface area contributed by atoms with Crippen molar-refractivity contribution in [2.24, 2.45) is 5.92 Å². The van der Waals surface area contributed by atoms with E-state index in [1.807, 2.05) is 6.07 Å². The van der Waals surface area contributed by atoms with Crippen molar-refractivity contribution in [2.45, 2.75) is 33.1 Å². The molecule has 0 aromatic heterocycles. The van der Waals surface area contributed by atoms with Gasteiger partial charge in [-0.15, -0.1) is 11.6 Å². The van der Waals surface area contributed by atoms with E-state index in [9.17, 15) is 0 Å². The van der Waals surface area contributed by atoms with E-state index >= 15 is 0 Å². The molecule has 0 amide bonds. The van der Waals surface area contributed by atoms with Gasteiger partial charge >= 0.3 is 0 Å². The fourth-order valence-electron chi connectivity index (χ4n) is 1.36. The van der Waals surface area contributed by atoms with E-state index in [0.717, 1.165) is 24.3 Å². The number of ether oxygens (including phenoxy) is 1. The maximum Gasteiger partial charge on any atom is 0.123 e. The largest absolute Gasteiger partial charge is 0.493 e. The summed E-state index contributed by atoms with van der Waals surface area (Å²) in [5.74, 6) is 2.12. The van der Waals surface area contributed by atoms with Crippen LogP contribution in [0.1, 0.15) is 31.4 Å². The van der Waals surface area contributed by atoms with Gasteiger partial charge in [0.25, 0.3) is 0 Å². The van der Waals surface area contributed by atoms with Crippen molar-refractivity contribution in [3.63, 3.8) is 0 Å². The fraction of sp³-hybridized carbons (Fsp3) is 0.538. The lowest BCUT2D eigenvalue weighted by Crippen LogP contribution is -2.03. The molecule has 84 valence electrons. The van der Waals surface area contributed by atoms with Crippen molar-refractivity contribution in [1.82, 2.24) is 0 Å². The van der Waals surface area contributed by atoms with Gasteiger partial charge < -0.3 is 4.74 Å². The highest BCUT2D eigenvalue weighted by Crippen LogP contribution is 2.22. The molecule has 0 saturated carbocycles. The number of benzene rings is 1. The zero-order valence-electron chi connectivity index (χ0n) is 9.72. The van der Waals surface area contributed by atoms with Crippen LogP contribution >= 0.6 is 11.6 Å². The third-order valence-electron chi connectivity index (χ3n) is 2.31. The van der Waals surface area contributed by atoms with E-state index < -0.39 is 0 Å². The van der Waals surface area contributed by atoms with Crippen LogP contribution in [0.3, 0.4) is 0 Å². The Morgan fingerprint density at radius 2 is 2.07 bits per heavy atom. The summed E-state index contributed by atoms with van der Waals surface area (Å²) in [5.41, 5.74) is 2.31. The van der Waals surface area contributed by atoms with Crippen LogP contribution in [0.2, 0.25) is 0 Å². The molecule has 0 aliphatic carbocycles. The number of aryl methyl sites for hydroxylation is 1. The minimum absolute atomic E-state index is 0.513. The second-order valence-corrected chi connectivity index (χ2v) is 4.54. The SMILES string of the molecule is Cc1ccc(OCCC(C)C)c(CCl)c1. The van der Waals surface area contributed by atoms with Crippen molar-refractivity contribution in [3.8, 4) is 5.75 Å². The monoisotopic (exact) mass is 226 g/mol. The molecule has 1 rings (SSSR count). The number of hydrogen-bond acceptors (Lipinski definition) is 1. The first-order valence-electron chi connectivity index (χ1n) is 5.41. The van der Waals surface area contributed by atoms with Gasteiger partial charge in [-0.25, -0.2) is 0 Å². The van der Waals surface area contributed by atoms with E-state index in [1.165, 1.54) is 5.56 Å². The molecule has 0 atom stereocenters. The van der Waals surface area contributed by atoms with Gasteiger partial charge in [0.15, 0.2) is 0 Å². The van der Waals surface area contributed by atoms with Gasteiger partial charge in [0.1, 0.15) is 5.75 Å². The number of hydrogen-bond donors (Lipinski definition) is 0. The lowest BCUT2D eigenvalue weighted by atomic mass is 10.1. The maximum atomic E-state index is 5.87. The minimum Gasteiger partial charge on any atom is -0.493 e. The number of alkyl halides is 1. The lowest BCUT2D eigenvalue weighted by molar-refractivity contribution is 0.287. The summed E-state index contributed by atoms with van der Waals surface area (Å²) in [6.45, 7) is 7.22. The molecule has 0 N–H and O–H groups in total. The molecule has 2 heteroatoms. The molecule has 0 saturated heterocycles. The number of rotatable bonds is 5. The average molecular weight is 227 g/mol. The fourth-order valence-corrected chi connectivity index (χ4v) is 1.57. The molecule has 15 heavy (non-hydrogen) atoms. The Bertz CT molecular complexity index is 307. The first-order chi connectivity index (χ1) is 7.13. The summed E-state index contributed by atoms with van der Waals surface area (Å²) >= 11 is 5.87. The summed E-state index contributed by atoms with van der Waals surface area (Å²) in [7, 11) is 0. The van der Waals surface area contributed by atoms with Crippen LogP contribution in [0.15, 0.2) is 18.2 Å². The molecule has 0 aliphatic rings. The second-order valence-electron chi connectivity index (χ2n) is 4.28. The lowest BCUT2D eigenvalue weighted by Gasteiger charge is -2.11. The quantitative estimate of drug-likeness (QED) is 0.686. The molecule has 0 heterocycles. The zero-order valence-corrected chi connectivity index (χ0v) is 10.5. The van der Waals surface area contributed by atoms with Gasteiger partial charge in [0, 0.05) is 5.56 Å². The van der Waals surface area contributed by atoms with Crippen LogP contribution in [-0.2, 0) is 5.88 Å². The molecule has 0 unspecified atom stereocenters. The highest BCUT2D eigenvalue weighted by molar-refractivity contribution is 6.17. The van der Waals surface area contributed by atoms with Crippen molar-refractivity contribution >= 4 is 11.6 Å². The number of halogens is 1. The Balaban J connectivity index is 2.60. The van der Waals surface area contributed by atoms with Crippen LogP contribution < -0.4 is 4.74 Å². The maximum absolute atomic E-state index is 5.87. The molecule has 1 nitrogen and oxygen atoms in total. The van der Waals surface area contributed by atoms with E-state index in [4.69, 9.17) is 16.3 Å². The molecule has 0 radical (unpaired) electrons. The average Bonchev–Trinajstić information content (AvgIpc) is 2.19. The molecule has 0 aliphatic heterocycles. The van der Waals surface area contributed by atoms with Crippen molar-refractivity contribution in [3.05, 3.63) is 29.3 Å². The van der Waals surface area contributed by atoms with Gasteiger partial charge in [-0.05, 0) is 25.3 Å². The first-order valence-corrected chi connectivity index (χ1v) is 5.95. The highest BCUT2D eigenvalue weighted by atomic mass is 35.5. The van der Waals surface area contributed by atoms with Crippen molar-refractivity contribution < 1.29 is 4.74 Å². The van der Waals surface area contributed by atoms with Crippen LogP contribution in [0.25, 0.3) is 0 Å².